The van der Waals surface area contributed by atoms with Gasteiger partial charge in [-0.2, -0.15) is 0 Å². The number of amides is 1. The minimum absolute atomic E-state index is 0. The fourth-order valence-corrected chi connectivity index (χ4v) is 2.01. The van der Waals surface area contributed by atoms with Crippen LogP contribution in [0.2, 0.25) is 5.02 Å². The van der Waals surface area contributed by atoms with Crippen LogP contribution in [-0.2, 0) is 11.2 Å². The Kier molecular flexibility index (Phi) is 6.21. The van der Waals surface area contributed by atoms with Crippen LogP contribution in [0, 0.1) is 0 Å². The van der Waals surface area contributed by atoms with Crippen molar-refractivity contribution in [3.8, 4) is 11.5 Å². The number of hydrogen-bond acceptors (Lipinski definition) is 4. The van der Waals surface area contributed by atoms with Gasteiger partial charge >= 0.3 is 0 Å². The van der Waals surface area contributed by atoms with Crippen LogP contribution >= 0.6 is 24.0 Å². The molecular weight excluding hydrogens is 291 g/mol. The van der Waals surface area contributed by atoms with E-state index in [1.165, 1.54) is 0 Å². The third kappa shape index (κ3) is 4.16. The van der Waals surface area contributed by atoms with Gasteiger partial charge in [-0.05, 0) is 24.1 Å². The molecule has 3 N–H and O–H groups in total. The first-order valence-electron chi connectivity index (χ1n) is 5.75. The summed E-state index contributed by atoms with van der Waals surface area (Å²) in [6.07, 6.45) is 0.669. The molecule has 1 aliphatic heterocycles. The van der Waals surface area contributed by atoms with Gasteiger partial charge in [0, 0.05) is 6.54 Å². The Morgan fingerprint density at radius 2 is 2.11 bits per heavy atom. The molecule has 0 spiro atoms. The van der Waals surface area contributed by atoms with Crippen molar-refractivity contribution in [2.45, 2.75) is 6.42 Å². The van der Waals surface area contributed by atoms with Crippen molar-refractivity contribution in [2.75, 3.05) is 26.3 Å². The van der Waals surface area contributed by atoms with E-state index in [2.05, 4.69) is 5.32 Å². The van der Waals surface area contributed by atoms with Gasteiger partial charge in [0.05, 0.1) is 11.6 Å². The van der Waals surface area contributed by atoms with Gasteiger partial charge in [0.25, 0.3) is 0 Å². The second kappa shape index (κ2) is 7.43. The van der Waals surface area contributed by atoms with Crippen molar-refractivity contribution < 1.29 is 14.3 Å². The highest BCUT2D eigenvalue weighted by molar-refractivity contribution is 6.32. The van der Waals surface area contributed by atoms with E-state index in [9.17, 15) is 4.79 Å². The van der Waals surface area contributed by atoms with E-state index < -0.39 is 0 Å². The summed E-state index contributed by atoms with van der Waals surface area (Å²) in [5.41, 5.74) is 6.18. The molecule has 0 fully saturated rings. The summed E-state index contributed by atoms with van der Waals surface area (Å²) in [6, 6.07) is 3.71. The maximum Gasteiger partial charge on any atom is 0.233 e. The van der Waals surface area contributed by atoms with Gasteiger partial charge in [0.1, 0.15) is 13.2 Å². The zero-order valence-corrected chi connectivity index (χ0v) is 11.9. The lowest BCUT2D eigenvalue weighted by atomic mass is 10.1. The molecule has 0 radical (unpaired) electrons. The number of nitrogens with one attached hydrogen (secondary N) is 1. The quantitative estimate of drug-likeness (QED) is 0.875. The van der Waals surface area contributed by atoms with E-state index >= 15 is 0 Å². The van der Waals surface area contributed by atoms with Crippen molar-refractivity contribution in [3.63, 3.8) is 0 Å². The van der Waals surface area contributed by atoms with Gasteiger partial charge in [0.2, 0.25) is 5.91 Å². The molecule has 1 aromatic rings. The van der Waals surface area contributed by atoms with Crippen molar-refractivity contribution in [1.82, 2.24) is 5.32 Å². The Morgan fingerprint density at radius 3 is 2.84 bits per heavy atom. The first kappa shape index (κ1) is 15.9. The number of hydrogen-bond donors (Lipinski definition) is 2. The average Bonchev–Trinajstić information content (AvgIpc) is 2.38. The van der Waals surface area contributed by atoms with Gasteiger partial charge in [-0.15, -0.1) is 12.4 Å². The Morgan fingerprint density at radius 1 is 1.37 bits per heavy atom. The lowest BCUT2D eigenvalue weighted by Crippen LogP contribution is -2.31. The normalized spacial score (nSPS) is 12.5. The lowest BCUT2D eigenvalue weighted by molar-refractivity contribution is -0.119. The molecule has 1 aromatic carbocycles. The van der Waals surface area contributed by atoms with E-state index in [0.29, 0.717) is 42.7 Å². The number of halogens is 2. The molecule has 0 bridgehead atoms. The molecule has 0 aliphatic carbocycles. The fraction of sp³-hybridized carbons (Fsp3) is 0.417. The number of fused-ring (bicyclic) bond motifs is 1. The van der Waals surface area contributed by atoms with Crippen LogP contribution in [0.25, 0.3) is 0 Å². The predicted octanol–water partition coefficient (Wildman–Crippen LogP) is 1.15. The highest BCUT2D eigenvalue weighted by Gasteiger charge is 2.16. The van der Waals surface area contributed by atoms with Crippen molar-refractivity contribution >= 4 is 29.9 Å². The SMILES string of the molecule is Cl.NCC(=O)NCCc1cc(Cl)c2c(c1)OCCO2. The third-order valence-corrected chi connectivity index (χ3v) is 2.86. The van der Waals surface area contributed by atoms with Gasteiger partial charge in [-0.25, -0.2) is 0 Å². The number of carbonyl (C=O) groups excluding carboxylic acids is 1. The zero-order chi connectivity index (χ0) is 13.0. The van der Waals surface area contributed by atoms with Gasteiger partial charge in [-0.3, -0.25) is 4.79 Å². The maximum atomic E-state index is 11.0. The molecular formula is C12H16Cl2N2O3. The summed E-state index contributed by atoms with van der Waals surface area (Å²) in [6.45, 7) is 1.56. The molecule has 1 amide bonds. The number of nitrogens with two attached hydrogens (primary N) is 1. The number of carbonyl (C=O) groups is 1. The van der Waals surface area contributed by atoms with E-state index in [4.69, 9.17) is 26.8 Å². The lowest BCUT2D eigenvalue weighted by Gasteiger charge is -2.20. The zero-order valence-electron chi connectivity index (χ0n) is 10.3. The molecule has 1 aliphatic rings. The van der Waals surface area contributed by atoms with Gasteiger partial charge < -0.3 is 20.5 Å². The molecule has 1 heterocycles. The largest absolute Gasteiger partial charge is 0.486 e. The maximum absolute atomic E-state index is 11.0. The Hall–Kier alpha value is -1.17. The number of benzene rings is 1. The molecule has 2 rings (SSSR count). The van der Waals surface area contributed by atoms with Crippen LogP contribution in [0.5, 0.6) is 11.5 Å². The van der Waals surface area contributed by atoms with Crippen LogP contribution in [-0.4, -0.2) is 32.2 Å². The predicted molar refractivity (Wildman–Crippen MR) is 75.5 cm³/mol. The highest BCUT2D eigenvalue weighted by atomic mass is 35.5. The molecule has 5 nitrogen and oxygen atoms in total. The summed E-state index contributed by atoms with van der Waals surface area (Å²) in [7, 11) is 0. The molecule has 7 heteroatoms. The summed E-state index contributed by atoms with van der Waals surface area (Å²) in [4.78, 5) is 11.0. The van der Waals surface area contributed by atoms with E-state index in [1.807, 2.05) is 12.1 Å². The van der Waals surface area contributed by atoms with Crippen molar-refractivity contribution in [3.05, 3.63) is 22.7 Å². The monoisotopic (exact) mass is 306 g/mol. The fourth-order valence-electron chi connectivity index (χ4n) is 1.73. The summed E-state index contributed by atoms with van der Waals surface area (Å²) in [5.74, 6) is 1.09. The van der Waals surface area contributed by atoms with Crippen LogP contribution in [0.3, 0.4) is 0 Å². The second-order valence-corrected chi connectivity index (χ2v) is 4.31. The van der Waals surface area contributed by atoms with Crippen molar-refractivity contribution in [2.24, 2.45) is 5.73 Å². The number of rotatable bonds is 4. The molecule has 106 valence electrons. The summed E-state index contributed by atoms with van der Waals surface area (Å²) < 4.78 is 10.9. The third-order valence-electron chi connectivity index (χ3n) is 2.58. The molecule has 0 atom stereocenters. The first-order chi connectivity index (χ1) is 8.70. The van der Waals surface area contributed by atoms with Crippen LogP contribution in [0.15, 0.2) is 12.1 Å². The van der Waals surface area contributed by atoms with Crippen LogP contribution in [0.1, 0.15) is 5.56 Å². The Bertz CT molecular complexity index is 455. The average molecular weight is 307 g/mol. The van der Waals surface area contributed by atoms with Crippen LogP contribution < -0.4 is 20.5 Å². The summed E-state index contributed by atoms with van der Waals surface area (Å²) in [5, 5.41) is 3.24. The van der Waals surface area contributed by atoms with E-state index in [-0.39, 0.29) is 24.9 Å². The molecule has 0 unspecified atom stereocenters. The molecule has 0 aromatic heterocycles. The Balaban J connectivity index is 0.00000180. The minimum Gasteiger partial charge on any atom is -0.486 e. The molecule has 0 saturated carbocycles. The van der Waals surface area contributed by atoms with E-state index in [1.54, 1.807) is 0 Å². The topological polar surface area (TPSA) is 73.6 Å². The molecule has 19 heavy (non-hydrogen) atoms. The minimum atomic E-state index is -0.168. The Labute approximate surface area is 122 Å². The first-order valence-corrected chi connectivity index (χ1v) is 6.13. The van der Waals surface area contributed by atoms with Gasteiger partial charge in [-0.1, -0.05) is 11.6 Å². The molecule has 0 saturated heterocycles. The van der Waals surface area contributed by atoms with Gasteiger partial charge in [0.15, 0.2) is 11.5 Å². The number of ether oxygens (including phenoxy) is 2. The summed E-state index contributed by atoms with van der Waals surface area (Å²) >= 11 is 6.10. The standard InChI is InChI=1S/C12H15ClN2O3.ClH/c13-9-5-8(1-2-15-11(16)7-14)6-10-12(9)18-4-3-17-10;/h5-6H,1-4,7,14H2,(H,15,16);1H. The second-order valence-electron chi connectivity index (χ2n) is 3.91. The highest BCUT2D eigenvalue weighted by Crippen LogP contribution is 2.38. The van der Waals surface area contributed by atoms with Crippen molar-refractivity contribution in [1.29, 1.82) is 0 Å². The smallest absolute Gasteiger partial charge is 0.233 e. The van der Waals surface area contributed by atoms with Crippen LogP contribution in [0.4, 0.5) is 0 Å². The van der Waals surface area contributed by atoms with E-state index in [0.717, 1.165) is 5.56 Å².